The zero-order valence-corrected chi connectivity index (χ0v) is 18.6. The molecule has 2 aliphatic rings. The van der Waals surface area contributed by atoms with E-state index >= 15 is 0 Å². The first-order valence-corrected chi connectivity index (χ1v) is 11.1. The van der Waals surface area contributed by atoms with E-state index in [1.165, 1.54) is 0 Å². The smallest absolute Gasteiger partial charge is 0.410 e. The summed E-state index contributed by atoms with van der Waals surface area (Å²) in [5.41, 5.74) is 2.31. The molecule has 2 amide bonds. The number of ether oxygens (including phenoxy) is 1. The molecule has 1 aromatic heterocycles. The molecular formula is C25H31N3O3. The van der Waals surface area contributed by atoms with Crippen molar-refractivity contribution in [3.63, 3.8) is 0 Å². The molecule has 1 saturated carbocycles. The Bertz CT molecular complexity index is 909. The minimum atomic E-state index is -0.494. The van der Waals surface area contributed by atoms with Crippen molar-refractivity contribution in [3.05, 3.63) is 54.4 Å². The molecule has 1 aromatic carbocycles. The fourth-order valence-corrected chi connectivity index (χ4v) is 4.12. The lowest BCUT2D eigenvalue weighted by atomic mass is 10.0. The SMILES string of the molecule is CC(C)(C)OC(=O)N1CCC(N(C(=O)c2ccc(-c3cccnc3)cc2)C2CC2)CC1. The molecule has 0 spiro atoms. The lowest BCUT2D eigenvalue weighted by Gasteiger charge is -2.39. The van der Waals surface area contributed by atoms with Crippen molar-refractivity contribution in [1.29, 1.82) is 0 Å². The van der Waals surface area contributed by atoms with Crippen LogP contribution < -0.4 is 0 Å². The summed E-state index contributed by atoms with van der Waals surface area (Å²) >= 11 is 0. The van der Waals surface area contributed by atoms with Gasteiger partial charge in [-0.2, -0.15) is 0 Å². The number of hydrogen-bond donors (Lipinski definition) is 0. The topological polar surface area (TPSA) is 62.7 Å². The average Bonchev–Trinajstić information content (AvgIpc) is 3.59. The lowest BCUT2D eigenvalue weighted by molar-refractivity contribution is 0.0142. The van der Waals surface area contributed by atoms with Crippen LogP contribution >= 0.6 is 0 Å². The van der Waals surface area contributed by atoms with Gasteiger partial charge in [0.05, 0.1) is 0 Å². The molecule has 6 heteroatoms. The van der Waals surface area contributed by atoms with Crippen LogP contribution in [0.4, 0.5) is 4.79 Å². The Labute approximate surface area is 184 Å². The number of rotatable bonds is 4. The Kier molecular flexibility index (Phi) is 5.99. The van der Waals surface area contributed by atoms with E-state index in [0.717, 1.165) is 36.8 Å². The van der Waals surface area contributed by atoms with Crippen LogP contribution in [0.15, 0.2) is 48.8 Å². The molecule has 2 heterocycles. The summed E-state index contributed by atoms with van der Waals surface area (Å²) in [6.07, 6.45) is 7.01. The summed E-state index contributed by atoms with van der Waals surface area (Å²) in [7, 11) is 0. The second kappa shape index (κ2) is 8.69. The van der Waals surface area contributed by atoms with E-state index < -0.39 is 5.60 Å². The predicted octanol–water partition coefficient (Wildman–Crippen LogP) is 4.75. The molecule has 6 nitrogen and oxygen atoms in total. The Morgan fingerprint density at radius 3 is 2.16 bits per heavy atom. The Balaban J connectivity index is 1.41. The standard InChI is InChI=1S/C25H31N3O3/c1-25(2,3)31-24(30)27-15-12-22(13-16-27)28(21-10-11-21)23(29)19-8-6-18(7-9-19)20-5-4-14-26-17-20/h4-9,14,17,21-22H,10-13,15-16H2,1-3H3. The van der Waals surface area contributed by atoms with Gasteiger partial charge in [0.25, 0.3) is 5.91 Å². The van der Waals surface area contributed by atoms with Gasteiger partial charge in [-0.3, -0.25) is 9.78 Å². The van der Waals surface area contributed by atoms with Gasteiger partial charge in [0.15, 0.2) is 0 Å². The zero-order chi connectivity index (χ0) is 22.0. The first kappa shape index (κ1) is 21.3. The van der Waals surface area contributed by atoms with Crippen LogP contribution in [0.2, 0.25) is 0 Å². The predicted molar refractivity (Wildman–Crippen MR) is 120 cm³/mol. The minimum absolute atomic E-state index is 0.0935. The van der Waals surface area contributed by atoms with Crippen LogP contribution in [0, 0.1) is 0 Å². The van der Waals surface area contributed by atoms with Gasteiger partial charge in [-0.15, -0.1) is 0 Å². The Morgan fingerprint density at radius 2 is 1.61 bits per heavy atom. The molecule has 0 unspecified atom stereocenters. The second-order valence-electron chi connectivity index (χ2n) is 9.46. The van der Waals surface area contributed by atoms with E-state index in [1.54, 1.807) is 11.1 Å². The molecule has 2 fully saturated rings. The third-order valence-electron chi connectivity index (χ3n) is 5.81. The van der Waals surface area contributed by atoms with Crippen molar-refractivity contribution in [2.45, 2.75) is 64.1 Å². The third kappa shape index (κ3) is 5.24. The molecule has 0 bridgehead atoms. The van der Waals surface area contributed by atoms with Crippen LogP contribution in [0.25, 0.3) is 11.1 Å². The summed E-state index contributed by atoms with van der Waals surface area (Å²) < 4.78 is 5.50. The molecule has 2 aromatic rings. The maximum atomic E-state index is 13.4. The highest BCUT2D eigenvalue weighted by atomic mass is 16.6. The molecule has 0 N–H and O–H groups in total. The van der Waals surface area contributed by atoms with Gasteiger partial charge >= 0.3 is 6.09 Å². The first-order chi connectivity index (χ1) is 14.8. The fraction of sp³-hybridized carbons (Fsp3) is 0.480. The van der Waals surface area contributed by atoms with Crippen LogP contribution in [0.5, 0.6) is 0 Å². The summed E-state index contributed by atoms with van der Waals surface area (Å²) in [5.74, 6) is 0.0935. The van der Waals surface area contributed by atoms with Crippen molar-refractivity contribution >= 4 is 12.0 Å². The highest BCUT2D eigenvalue weighted by Crippen LogP contribution is 2.34. The number of aromatic nitrogens is 1. The van der Waals surface area contributed by atoms with Gasteiger partial charge in [-0.05, 0) is 75.8 Å². The van der Waals surface area contributed by atoms with Gasteiger partial charge in [0, 0.05) is 43.1 Å². The number of likely N-dealkylation sites (tertiary alicyclic amines) is 1. The molecule has 0 atom stereocenters. The molecule has 31 heavy (non-hydrogen) atoms. The van der Waals surface area contributed by atoms with Gasteiger partial charge in [0.2, 0.25) is 0 Å². The van der Waals surface area contributed by atoms with E-state index in [0.29, 0.717) is 24.7 Å². The van der Waals surface area contributed by atoms with Gasteiger partial charge in [0.1, 0.15) is 5.60 Å². The molecule has 0 radical (unpaired) electrons. The summed E-state index contributed by atoms with van der Waals surface area (Å²) in [6, 6.07) is 12.2. The molecule has 164 valence electrons. The molecule has 1 aliphatic heterocycles. The Morgan fingerprint density at radius 1 is 0.968 bits per heavy atom. The van der Waals surface area contributed by atoms with Crippen molar-refractivity contribution in [3.8, 4) is 11.1 Å². The minimum Gasteiger partial charge on any atom is -0.444 e. The van der Waals surface area contributed by atoms with Crippen LogP contribution in [-0.2, 0) is 4.74 Å². The van der Waals surface area contributed by atoms with Crippen molar-refractivity contribution < 1.29 is 14.3 Å². The van der Waals surface area contributed by atoms with Crippen LogP contribution in [0.1, 0.15) is 56.8 Å². The quantitative estimate of drug-likeness (QED) is 0.715. The maximum Gasteiger partial charge on any atom is 0.410 e. The zero-order valence-electron chi connectivity index (χ0n) is 18.6. The van der Waals surface area contributed by atoms with Crippen molar-refractivity contribution in [2.75, 3.05) is 13.1 Å². The molecular weight excluding hydrogens is 390 g/mol. The highest BCUT2D eigenvalue weighted by molar-refractivity contribution is 5.95. The molecule has 4 rings (SSSR count). The van der Waals surface area contributed by atoms with E-state index in [4.69, 9.17) is 4.74 Å². The number of hydrogen-bond acceptors (Lipinski definition) is 4. The molecule has 1 aliphatic carbocycles. The van der Waals surface area contributed by atoms with Crippen LogP contribution in [-0.4, -0.2) is 57.6 Å². The van der Waals surface area contributed by atoms with E-state index in [2.05, 4.69) is 9.88 Å². The highest BCUT2D eigenvalue weighted by Gasteiger charge is 2.39. The van der Waals surface area contributed by atoms with Crippen LogP contribution in [0.3, 0.4) is 0 Å². The maximum absolute atomic E-state index is 13.4. The monoisotopic (exact) mass is 421 g/mol. The number of benzene rings is 1. The average molecular weight is 422 g/mol. The van der Waals surface area contributed by atoms with Gasteiger partial charge in [-0.25, -0.2) is 4.79 Å². The second-order valence-corrected chi connectivity index (χ2v) is 9.46. The number of carbonyl (C=O) groups is 2. The normalized spacial score (nSPS) is 17.3. The Hall–Kier alpha value is -2.89. The molecule has 1 saturated heterocycles. The van der Waals surface area contributed by atoms with Gasteiger partial charge < -0.3 is 14.5 Å². The number of nitrogens with zero attached hydrogens (tertiary/aromatic N) is 3. The lowest BCUT2D eigenvalue weighted by Crippen LogP contribution is -2.50. The van der Waals surface area contributed by atoms with E-state index in [1.807, 2.05) is 63.4 Å². The van der Waals surface area contributed by atoms with E-state index in [9.17, 15) is 9.59 Å². The number of amides is 2. The number of pyridine rings is 1. The number of piperidine rings is 1. The summed E-state index contributed by atoms with van der Waals surface area (Å²) in [4.78, 5) is 33.7. The summed E-state index contributed by atoms with van der Waals surface area (Å²) in [6.45, 7) is 6.88. The fourth-order valence-electron chi connectivity index (χ4n) is 4.12. The van der Waals surface area contributed by atoms with Gasteiger partial charge in [-0.1, -0.05) is 18.2 Å². The third-order valence-corrected chi connectivity index (χ3v) is 5.81. The first-order valence-electron chi connectivity index (χ1n) is 11.1. The van der Waals surface area contributed by atoms with Crippen molar-refractivity contribution in [1.82, 2.24) is 14.8 Å². The largest absolute Gasteiger partial charge is 0.444 e. The summed E-state index contributed by atoms with van der Waals surface area (Å²) in [5, 5.41) is 0. The van der Waals surface area contributed by atoms with E-state index in [-0.39, 0.29) is 18.0 Å². The number of carbonyl (C=O) groups excluding carboxylic acids is 2. The van der Waals surface area contributed by atoms with Crippen molar-refractivity contribution in [2.24, 2.45) is 0 Å².